The first-order valence-electron chi connectivity index (χ1n) is 7.14. The molecule has 0 aromatic carbocycles. The van der Waals surface area contributed by atoms with E-state index < -0.39 is 22.4 Å². The molecule has 0 saturated carbocycles. The summed E-state index contributed by atoms with van der Waals surface area (Å²) in [6, 6.07) is 0. The van der Waals surface area contributed by atoms with Gasteiger partial charge in [0.15, 0.2) is 0 Å². The molecule has 0 aliphatic carbocycles. The van der Waals surface area contributed by atoms with Crippen molar-refractivity contribution in [2.24, 2.45) is 14.1 Å². The molecule has 0 unspecified atom stereocenters. The lowest BCUT2D eigenvalue weighted by molar-refractivity contribution is -0.385. The molecule has 2 heterocycles. The van der Waals surface area contributed by atoms with Gasteiger partial charge in [-0.2, -0.15) is 10.2 Å². The summed E-state index contributed by atoms with van der Waals surface area (Å²) in [4.78, 5) is 34.8. The zero-order chi connectivity index (χ0) is 17.9. The van der Waals surface area contributed by atoms with Crippen molar-refractivity contribution in [1.82, 2.24) is 24.9 Å². The molecule has 128 valence electrons. The number of aryl methyl sites for hydroxylation is 2. The van der Waals surface area contributed by atoms with Crippen molar-refractivity contribution < 1.29 is 14.5 Å². The monoisotopic (exact) mass is 335 g/mol. The molecule has 2 N–H and O–H groups in total. The largest absolute Gasteiger partial charge is 0.351 e. The molecule has 24 heavy (non-hydrogen) atoms. The molecule has 0 atom stereocenters. The van der Waals surface area contributed by atoms with E-state index >= 15 is 0 Å². The van der Waals surface area contributed by atoms with Crippen LogP contribution in [0.2, 0.25) is 0 Å². The van der Waals surface area contributed by atoms with Crippen LogP contribution in [0.4, 0.5) is 11.4 Å². The highest BCUT2D eigenvalue weighted by Gasteiger charge is 2.27. The third-order valence-corrected chi connectivity index (χ3v) is 3.27. The summed E-state index contributed by atoms with van der Waals surface area (Å²) < 4.78 is 2.42. The summed E-state index contributed by atoms with van der Waals surface area (Å²) in [7, 11) is 2.98. The Morgan fingerprint density at radius 2 is 1.79 bits per heavy atom. The van der Waals surface area contributed by atoms with Gasteiger partial charge in [0.05, 0.1) is 16.8 Å². The number of amides is 2. The number of hydrogen-bond donors (Lipinski definition) is 2. The van der Waals surface area contributed by atoms with Gasteiger partial charge in [-0.1, -0.05) is 6.92 Å². The van der Waals surface area contributed by atoms with Crippen LogP contribution >= 0.6 is 0 Å². The lowest BCUT2D eigenvalue weighted by Crippen LogP contribution is -2.28. The minimum atomic E-state index is -0.751. The molecule has 0 saturated heterocycles. The van der Waals surface area contributed by atoms with Crippen molar-refractivity contribution >= 4 is 23.2 Å². The van der Waals surface area contributed by atoms with Crippen molar-refractivity contribution in [1.29, 1.82) is 0 Å². The van der Waals surface area contributed by atoms with Gasteiger partial charge >= 0.3 is 5.69 Å². The average Bonchev–Trinajstić information content (AvgIpc) is 3.08. The minimum Gasteiger partial charge on any atom is -0.351 e. The summed E-state index contributed by atoms with van der Waals surface area (Å²) in [6.45, 7) is 2.39. The fourth-order valence-corrected chi connectivity index (χ4v) is 2.12. The maximum Gasteiger partial charge on any atom is 0.320 e. The van der Waals surface area contributed by atoms with Crippen LogP contribution in [0.15, 0.2) is 12.4 Å². The van der Waals surface area contributed by atoms with E-state index in [1.165, 1.54) is 17.9 Å². The van der Waals surface area contributed by atoms with E-state index in [1.807, 2.05) is 6.92 Å². The highest BCUT2D eigenvalue weighted by Crippen LogP contribution is 2.20. The fraction of sp³-hybridized carbons (Fsp3) is 0.385. The lowest BCUT2D eigenvalue weighted by Gasteiger charge is -2.08. The number of carbonyl (C=O) groups excluding carboxylic acids is 2. The topological polar surface area (TPSA) is 137 Å². The molecular formula is C13H17N7O4. The number of nitrogens with zero attached hydrogens (tertiary/aromatic N) is 5. The molecule has 2 rings (SSSR count). The Hall–Kier alpha value is -3.24. The number of rotatable bonds is 6. The molecular weight excluding hydrogens is 318 g/mol. The van der Waals surface area contributed by atoms with Gasteiger partial charge in [0.2, 0.25) is 5.69 Å². The van der Waals surface area contributed by atoms with E-state index in [4.69, 9.17) is 0 Å². The predicted octanol–water partition coefficient (Wildman–Crippen LogP) is 0.454. The predicted molar refractivity (Wildman–Crippen MR) is 83.6 cm³/mol. The first-order valence-corrected chi connectivity index (χ1v) is 7.14. The maximum atomic E-state index is 12.4. The number of aromatic nitrogens is 4. The van der Waals surface area contributed by atoms with Crippen LogP contribution in [0.1, 0.15) is 34.3 Å². The molecule has 0 aliphatic heterocycles. The Labute approximate surface area is 136 Å². The van der Waals surface area contributed by atoms with Crippen molar-refractivity contribution in [2.45, 2.75) is 13.3 Å². The molecule has 11 nitrogen and oxygen atoms in total. The Morgan fingerprint density at radius 1 is 1.17 bits per heavy atom. The smallest absolute Gasteiger partial charge is 0.320 e. The van der Waals surface area contributed by atoms with E-state index in [9.17, 15) is 19.7 Å². The third kappa shape index (κ3) is 3.24. The van der Waals surface area contributed by atoms with Gasteiger partial charge in [0, 0.05) is 20.6 Å². The Bertz CT molecular complexity index is 792. The molecule has 2 aromatic heterocycles. The van der Waals surface area contributed by atoms with E-state index in [0.29, 0.717) is 6.54 Å². The van der Waals surface area contributed by atoms with E-state index in [1.54, 1.807) is 7.05 Å². The number of nitro groups is 1. The normalized spacial score (nSPS) is 10.5. The highest BCUT2D eigenvalue weighted by molar-refractivity contribution is 6.09. The molecule has 2 aromatic rings. The summed E-state index contributed by atoms with van der Waals surface area (Å²) in [5.41, 5.74) is -0.326. The SMILES string of the molecule is CCCNC(=O)c1c(NC(=O)c2c([N+](=O)[O-])cnn2C)cnn1C. The Morgan fingerprint density at radius 3 is 2.42 bits per heavy atom. The number of carbonyl (C=O) groups is 2. The molecule has 2 amide bonds. The summed E-state index contributed by atoms with van der Waals surface area (Å²) >= 11 is 0. The van der Waals surface area contributed by atoms with Crippen molar-refractivity contribution in [2.75, 3.05) is 11.9 Å². The van der Waals surface area contributed by atoms with Crippen molar-refractivity contribution in [3.63, 3.8) is 0 Å². The first kappa shape index (κ1) is 17.1. The molecule has 0 aliphatic rings. The molecule has 0 bridgehead atoms. The molecule has 0 spiro atoms. The Balaban J connectivity index is 2.29. The van der Waals surface area contributed by atoms with Gasteiger partial charge < -0.3 is 10.6 Å². The Kier molecular flexibility index (Phi) is 4.92. The molecule has 11 heteroatoms. The fourth-order valence-electron chi connectivity index (χ4n) is 2.12. The zero-order valence-corrected chi connectivity index (χ0v) is 13.4. The second-order valence-corrected chi connectivity index (χ2v) is 5.00. The quantitative estimate of drug-likeness (QED) is 0.581. The van der Waals surface area contributed by atoms with Gasteiger partial charge in [0.25, 0.3) is 11.8 Å². The van der Waals surface area contributed by atoms with Gasteiger partial charge in [-0.15, -0.1) is 0 Å². The number of anilines is 1. The number of hydrogen-bond acceptors (Lipinski definition) is 6. The van der Waals surface area contributed by atoms with E-state index in [-0.39, 0.29) is 17.1 Å². The minimum absolute atomic E-state index is 0.154. The van der Waals surface area contributed by atoms with Crippen LogP contribution in [0.25, 0.3) is 0 Å². The van der Waals surface area contributed by atoms with E-state index in [2.05, 4.69) is 20.8 Å². The summed E-state index contributed by atoms with van der Waals surface area (Å²) in [6.07, 6.45) is 3.06. The number of nitrogens with one attached hydrogen (secondary N) is 2. The highest BCUT2D eigenvalue weighted by atomic mass is 16.6. The standard InChI is InChI=1S/C13H17N7O4/c1-4-5-14-12(21)10-8(6-15-18(10)2)17-13(22)11-9(20(23)24)7-16-19(11)3/h6-7H,4-5H2,1-3H3,(H,14,21)(H,17,22). The summed E-state index contributed by atoms with van der Waals surface area (Å²) in [5, 5.41) is 23.8. The van der Waals surface area contributed by atoms with Gasteiger partial charge in [-0.3, -0.25) is 29.1 Å². The third-order valence-electron chi connectivity index (χ3n) is 3.27. The second kappa shape index (κ2) is 6.89. The van der Waals surface area contributed by atoms with Crippen LogP contribution in [0.3, 0.4) is 0 Å². The van der Waals surface area contributed by atoms with Crippen molar-refractivity contribution in [3.8, 4) is 0 Å². The average molecular weight is 335 g/mol. The van der Waals surface area contributed by atoms with Gasteiger partial charge in [-0.25, -0.2) is 0 Å². The second-order valence-electron chi connectivity index (χ2n) is 5.00. The van der Waals surface area contributed by atoms with E-state index in [0.717, 1.165) is 17.3 Å². The van der Waals surface area contributed by atoms with Gasteiger partial charge in [-0.05, 0) is 6.42 Å². The van der Waals surface area contributed by atoms with Gasteiger partial charge in [0.1, 0.15) is 11.9 Å². The summed E-state index contributed by atoms with van der Waals surface area (Å²) in [5.74, 6) is -1.15. The van der Waals surface area contributed by atoms with Crippen LogP contribution in [-0.4, -0.2) is 42.8 Å². The van der Waals surface area contributed by atoms with Crippen LogP contribution in [0, 0.1) is 10.1 Å². The first-order chi connectivity index (χ1) is 11.4. The van der Waals surface area contributed by atoms with Crippen LogP contribution in [0.5, 0.6) is 0 Å². The zero-order valence-electron chi connectivity index (χ0n) is 13.4. The maximum absolute atomic E-state index is 12.4. The van der Waals surface area contributed by atoms with Crippen molar-refractivity contribution in [3.05, 3.63) is 33.9 Å². The van der Waals surface area contributed by atoms with Crippen LogP contribution < -0.4 is 10.6 Å². The molecule has 0 fully saturated rings. The van der Waals surface area contributed by atoms with Crippen LogP contribution in [-0.2, 0) is 14.1 Å². The molecule has 0 radical (unpaired) electrons. The lowest BCUT2D eigenvalue weighted by atomic mass is 10.3.